The normalized spacial score (nSPS) is 17.9. The summed E-state index contributed by atoms with van der Waals surface area (Å²) < 4.78 is 27.2. The second kappa shape index (κ2) is 6.30. The largest absolute Gasteiger partial charge is 0.363 e. The lowest BCUT2D eigenvalue weighted by atomic mass is 10.1. The number of carbonyl (C=O) groups excluding carboxylic acids is 1. The molecule has 0 spiro atoms. The fourth-order valence-electron chi connectivity index (χ4n) is 3.09. The van der Waals surface area contributed by atoms with Crippen molar-refractivity contribution in [2.45, 2.75) is 31.7 Å². The SMILES string of the molecule is O=C(CCc1c(F)cccc1F)N1CCC[C@@H]1c1ccc[nH]1. The van der Waals surface area contributed by atoms with Gasteiger partial charge in [0.1, 0.15) is 11.6 Å². The van der Waals surface area contributed by atoms with Gasteiger partial charge in [-0.05, 0) is 43.5 Å². The average molecular weight is 304 g/mol. The first kappa shape index (κ1) is 14.8. The molecule has 1 fully saturated rings. The van der Waals surface area contributed by atoms with Gasteiger partial charge in [-0.1, -0.05) is 6.07 Å². The highest BCUT2D eigenvalue weighted by molar-refractivity contribution is 5.77. The average Bonchev–Trinajstić information content (AvgIpc) is 3.17. The fraction of sp³-hybridized carbons (Fsp3) is 0.353. The van der Waals surface area contributed by atoms with Crippen LogP contribution in [-0.4, -0.2) is 22.3 Å². The predicted molar refractivity (Wildman–Crippen MR) is 79.2 cm³/mol. The van der Waals surface area contributed by atoms with E-state index in [9.17, 15) is 13.6 Å². The minimum Gasteiger partial charge on any atom is -0.363 e. The van der Waals surface area contributed by atoms with Crippen LogP contribution < -0.4 is 0 Å². The van der Waals surface area contributed by atoms with Gasteiger partial charge in [-0.15, -0.1) is 0 Å². The Hall–Kier alpha value is -2.17. The van der Waals surface area contributed by atoms with E-state index in [4.69, 9.17) is 0 Å². The van der Waals surface area contributed by atoms with Gasteiger partial charge in [0.15, 0.2) is 0 Å². The lowest BCUT2D eigenvalue weighted by Gasteiger charge is -2.24. The summed E-state index contributed by atoms with van der Waals surface area (Å²) in [5, 5.41) is 0. The van der Waals surface area contributed by atoms with Gasteiger partial charge >= 0.3 is 0 Å². The molecule has 1 aromatic heterocycles. The highest BCUT2D eigenvalue weighted by Gasteiger charge is 2.30. The zero-order chi connectivity index (χ0) is 15.5. The molecule has 1 saturated heterocycles. The van der Waals surface area contributed by atoms with E-state index < -0.39 is 11.6 Å². The van der Waals surface area contributed by atoms with Crippen LogP contribution in [0.1, 0.15) is 36.6 Å². The summed E-state index contributed by atoms with van der Waals surface area (Å²) in [5.74, 6) is -1.23. The van der Waals surface area contributed by atoms with Crippen LogP contribution in [0.25, 0.3) is 0 Å². The molecule has 0 bridgehead atoms. The zero-order valence-corrected chi connectivity index (χ0v) is 12.2. The molecule has 0 saturated carbocycles. The van der Waals surface area contributed by atoms with Gasteiger partial charge in [0.2, 0.25) is 5.91 Å². The highest BCUT2D eigenvalue weighted by atomic mass is 19.1. The topological polar surface area (TPSA) is 36.1 Å². The fourth-order valence-corrected chi connectivity index (χ4v) is 3.09. The van der Waals surface area contributed by atoms with Gasteiger partial charge in [-0.2, -0.15) is 0 Å². The van der Waals surface area contributed by atoms with E-state index in [0.29, 0.717) is 6.54 Å². The summed E-state index contributed by atoms with van der Waals surface area (Å²) in [6, 6.07) is 7.70. The number of nitrogens with one attached hydrogen (secondary N) is 1. The Labute approximate surface area is 127 Å². The number of benzene rings is 1. The Kier molecular flexibility index (Phi) is 4.22. The molecule has 1 aliphatic heterocycles. The first-order chi connectivity index (χ1) is 10.7. The van der Waals surface area contributed by atoms with Crippen molar-refractivity contribution in [3.63, 3.8) is 0 Å². The summed E-state index contributed by atoms with van der Waals surface area (Å²) in [5.41, 5.74) is 1.01. The number of halogens is 2. The summed E-state index contributed by atoms with van der Waals surface area (Å²) in [7, 11) is 0. The molecule has 22 heavy (non-hydrogen) atoms. The molecule has 2 aromatic rings. The molecule has 1 N–H and O–H groups in total. The van der Waals surface area contributed by atoms with Gasteiger partial charge in [-0.25, -0.2) is 8.78 Å². The van der Waals surface area contributed by atoms with E-state index in [0.717, 1.165) is 18.5 Å². The molecule has 3 rings (SSSR count). The van der Waals surface area contributed by atoms with E-state index in [1.54, 1.807) is 0 Å². The maximum Gasteiger partial charge on any atom is 0.223 e. The zero-order valence-electron chi connectivity index (χ0n) is 12.2. The number of carbonyl (C=O) groups is 1. The van der Waals surface area contributed by atoms with E-state index >= 15 is 0 Å². The Morgan fingerprint density at radius 1 is 1.23 bits per heavy atom. The van der Waals surface area contributed by atoms with Crippen LogP contribution in [0, 0.1) is 11.6 Å². The van der Waals surface area contributed by atoms with E-state index in [2.05, 4.69) is 4.98 Å². The van der Waals surface area contributed by atoms with Crippen LogP contribution in [0.2, 0.25) is 0 Å². The summed E-state index contributed by atoms with van der Waals surface area (Å²) in [4.78, 5) is 17.4. The smallest absolute Gasteiger partial charge is 0.223 e. The van der Waals surface area contributed by atoms with Crippen LogP contribution in [0.4, 0.5) is 8.78 Å². The highest BCUT2D eigenvalue weighted by Crippen LogP contribution is 2.31. The molecular weight excluding hydrogens is 286 g/mol. The first-order valence-electron chi connectivity index (χ1n) is 7.52. The number of hydrogen-bond donors (Lipinski definition) is 1. The quantitative estimate of drug-likeness (QED) is 0.920. The Bertz CT molecular complexity index is 634. The van der Waals surface area contributed by atoms with E-state index in [1.165, 1.54) is 18.2 Å². The molecule has 1 aromatic carbocycles. The maximum absolute atomic E-state index is 13.6. The number of rotatable bonds is 4. The predicted octanol–water partition coefficient (Wildman–Crippen LogP) is 3.59. The number of likely N-dealkylation sites (tertiary alicyclic amines) is 1. The molecule has 1 amide bonds. The lowest BCUT2D eigenvalue weighted by molar-refractivity contribution is -0.132. The molecule has 0 aliphatic carbocycles. The maximum atomic E-state index is 13.6. The third kappa shape index (κ3) is 2.89. The number of nitrogens with zero attached hydrogens (tertiary/aromatic N) is 1. The molecule has 116 valence electrons. The summed E-state index contributed by atoms with van der Waals surface area (Å²) in [6.45, 7) is 0.697. The lowest BCUT2D eigenvalue weighted by Crippen LogP contribution is -2.31. The second-order valence-corrected chi connectivity index (χ2v) is 5.57. The molecule has 2 heterocycles. The van der Waals surface area contributed by atoms with Crippen LogP contribution in [0.5, 0.6) is 0 Å². The number of hydrogen-bond acceptors (Lipinski definition) is 1. The molecule has 1 atom stereocenters. The molecule has 0 radical (unpaired) electrons. The van der Waals surface area contributed by atoms with Gasteiger partial charge in [0.05, 0.1) is 6.04 Å². The van der Waals surface area contributed by atoms with Gasteiger partial charge in [-0.3, -0.25) is 4.79 Å². The van der Waals surface area contributed by atoms with Crippen molar-refractivity contribution in [2.24, 2.45) is 0 Å². The standard InChI is InChI=1S/C17H18F2N2O/c18-13-4-1-5-14(19)12(13)8-9-17(22)21-11-3-7-16(21)15-6-2-10-20-15/h1-2,4-6,10,16,20H,3,7-9,11H2/t16-/m1/s1. The van der Waals surface area contributed by atoms with Crippen molar-refractivity contribution in [1.82, 2.24) is 9.88 Å². The van der Waals surface area contributed by atoms with Crippen LogP contribution >= 0.6 is 0 Å². The molecule has 5 heteroatoms. The third-order valence-corrected chi connectivity index (χ3v) is 4.20. The number of H-pyrrole nitrogens is 1. The monoisotopic (exact) mass is 304 g/mol. The van der Waals surface area contributed by atoms with E-state index in [-0.39, 0.29) is 30.4 Å². The molecular formula is C17H18F2N2O. The van der Waals surface area contributed by atoms with E-state index in [1.807, 2.05) is 23.2 Å². The third-order valence-electron chi connectivity index (χ3n) is 4.20. The van der Waals surface area contributed by atoms with Crippen LogP contribution in [0.15, 0.2) is 36.5 Å². The van der Waals surface area contributed by atoms with Crippen molar-refractivity contribution in [3.05, 3.63) is 59.4 Å². The van der Waals surface area contributed by atoms with Crippen molar-refractivity contribution in [2.75, 3.05) is 6.54 Å². The number of aromatic nitrogens is 1. The number of amides is 1. The minimum absolute atomic E-state index is 0.00790. The van der Waals surface area contributed by atoms with Crippen LogP contribution in [0.3, 0.4) is 0 Å². The van der Waals surface area contributed by atoms with Crippen LogP contribution in [-0.2, 0) is 11.2 Å². The van der Waals surface area contributed by atoms with Gasteiger partial charge < -0.3 is 9.88 Å². The summed E-state index contributed by atoms with van der Waals surface area (Å²) >= 11 is 0. The Morgan fingerprint density at radius 2 is 2.00 bits per heavy atom. The van der Waals surface area contributed by atoms with Gasteiger partial charge in [0, 0.05) is 30.4 Å². The van der Waals surface area contributed by atoms with Crippen molar-refractivity contribution >= 4 is 5.91 Å². The Morgan fingerprint density at radius 3 is 2.68 bits per heavy atom. The minimum atomic E-state index is -0.588. The molecule has 0 unspecified atom stereocenters. The first-order valence-corrected chi connectivity index (χ1v) is 7.52. The second-order valence-electron chi connectivity index (χ2n) is 5.57. The van der Waals surface area contributed by atoms with Gasteiger partial charge in [0.25, 0.3) is 0 Å². The van der Waals surface area contributed by atoms with Crippen molar-refractivity contribution in [1.29, 1.82) is 0 Å². The Balaban J connectivity index is 1.67. The molecule has 1 aliphatic rings. The van der Waals surface area contributed by atoms with Crippen molar-refractivity contribution in [3.8, 4) is 0 Å². The summed E-state index contributed by atoms with van der Waals surface area (Å²) in [6.07, 6.45) is 3.91. The van der Waals surface area contributed by atoms with Crippen molar-refractivity contribution < 1.29 is 13.6 Å². The number of aromatic amines is 1. The molecule has 3 nitrogen and oxygen atoms in total.